The molecule has 0 aliphatic carbocycles. The first-order valence-corrected chi connectivity index (χ1v) is 6.26. The summed E-state index contributed by atoms with van der Waals surface area (Å²) in [4.78, 5) is 23.8. The van der Waals surface area contributed by atoms with Crippen LogP contribution in [0, 0.1) is 5.41 Å². The smallest absolute Gasteiger partial charge is 0.406 e. The first-order valence-electron chi connectivity index (χ1n) is 6.26. The van der Waals surface area contributed by atoms with Crippen molar-refractivity contribution in [3.63, 3.8) is 0 Å². The Labute approximate surface area is 114 Å². The molecule has 0 spiro atoms. The highest BCUT2D eigenvalue weighted by Crippen LogP contribution is 2.45. The van der Waals surface area contributed by atoms with Crippen LogP contribution >= 0.6 is 0 Å². The molecule has 3 N–H and O–H groups in total. The maximum Gasteiger partial charge on any atom is 0.406 e. The minimum Gasteiger partial charge on any atom is -0.481 e. The highest BCUT2D eigenvalue weighted by molar-refractivity contribution is 5.81. The zero-order valence-corrected chi connectivity index (χ0v) is 11.5. The van der Waals surface area contributed by atoms with Crippen molar-refractivity contribution >= 4 is 11.9 Å². The number of aliphatic carboxylic acids is 1. The molecule has 1 rings (SSSR count). The fourth-order valence-corrected chi connectivity index (χ4v) is 2.14. The molecule has 0 saturated carbocycles. The molecular weight excluding hydrogens is 277 g/mol. The lowest BCUT2D eigenvalue weighted by Gasteiger charge is -2.27. The highest BCUT2D eigenvalue weighted by atomic mass is 19.4. The number of hydrogen-bond acceptors (Lipinski definition) is 3. The van der Waals surface area contributed by atoms with E-state index in [0.717, 1.165) is 4.90 Å². The highest BCUT2D eigenvalue weighted by Gasteiger charge is 2.64. The van der Waals surface area contributed by atoms with Gasteiger partial charge in [0, 0.05) is 25.0 Å². The van der Waals surface area contributed by atoms with Crippen LogP contribution in [0.3, 0.4) is 0 Å². The van der Waals surface area contributed by atoms with E-state index in [1.165, 1.54) is 0 Å². The van der Waals surface area contributed by atoms with Crippen LogP contribution in [0.25, 0.3) is 0 Å². The van der Waals surface area contributed by atoms with Gasteiger partial charge in [-0.3, -0.25) is 9.59 Å². The molecule has 0 aromatic heterocycles. The Morgan fingerprint density at radius 2 is 1.90 bits per heavy atom. The number of amides is 1. The van der Waals surface area contributed by atoms with Gasteiger partial charge < -0.3 is 15.7 Å². The molecule has 0 aromatic rings. The van der Waals surface area contributed by atoms with Crippen molar-refractivity contribution < 1.29 is 27.9 Å². The standard InChI is InChI=1S/C12H19F3N2O3/c1-10(2,16)4-3-8(18)17-6-5-11(7-17,9(19)20)12(13,14)15/h3-7,16H2,1-2H3,(H,19,20). The molecule has 1 saturated heterocycles. The largest absolute Gasteiger partial charge is 0.481 e. The van der Waals surface area contributed by atoms with Crippen molar-refractivity contribution in [2.75, 3.05) is 13.1 Å². The molecule has 1 fully saturated rings. The van der Waals surface area contributed by atoms with Gasteiger partial charge >= 0.3 is 12.1 Å². The Morgan fingerprint density at radius 1 is 1.35 bits per heavy atom. The summed E-state index contributed by atoms with van der Waals surface area (Å²) >= 11 is 0. The summed E-state index contributed by atoms with van der Waals surface area (Å²) in [5.74, 6) is -2.42. The molecule has 8 heteroatoms. The van der Waals surface area contributed by atoms with Gasteiger partial charge in [-0.05, 0) is 26.7 Å². The molecule has 1 aliphatic rings. The fraction of sp³-hybridized carbons (Fsp3) is 0.833. The van der Waals surface area contributed by atoms with Crippen LogP contribution in [-0.2, 0) is 9.59 Å². The molecule has 0 bridgehead atoms. The van der Waals surface area contributed by atoms with Gasteiger partial charge in [0.05, 0.1) is 0 Å². The third kappa shape index (κ3) is 3.41. The van der Waals surface area contributed by atoms with Gasteiger partial charge in [0.25, 0.3) is 0 Å². The number of carbonyl (C=O) groups is 2. The third-order valence-electron chi connectivity index (χ3n) is 3.56. The van der Waals surface area contributed by atoms with Gasteiger partial charge in [-0.2, -0.15) is 13.2 Å². The monoisotopic (exact) mass is 296 g/mol. The molecule has 1 heterocycles. The SMILES string of the molecule is CC(C)(N)CCC(=O)N1CCC(C(=O)O)(C(F)(F)F)C1. The Morgan fingerprint density at radius 3 is 2.25 bits per heavy atom. The average Bonchev–Trinajstić information content (AvgIpc) is 2.70. The number of likely N-dealkylation sites (tertiary alicyclic amines) is 1. The number of carbonyl (C=O) groups excluding carboxylic acids is 1. The summed E-state index contributed by atoms with van der Waals surface area (Å²) in [5, 5.41) is 8.88. The minimum atomic E-state index is -4.87. The van der Waals surface area contributed by atoms with Crippen molar-refractivity contribution in [3.05, 3.63) is 0 Å². The lowest BCUT2D eigenvalue weighted by molar-refractivity contribution is -0.227. The van der Waals surface area contributed by atoms with Crippen LogP contribution in [-0.4, -0.2) is 46.7 Å². The van der Waals surface area contributed by atoms with E-state index in [2.05, 4.69) is 0 Å². The van der Waals surface area contributed by atoms with Crippen LogP contribution in [0.2, 0.25) is 0 Å². The Hall–Kier alpha value is -1.31. The molecule has 1 atom stereocenters. The second-order valence-electron chi connectivity index (χ2n) is 5.94. The fourth-order valence-electron chi connectivity index (χ4n) is 2.14. The van der Waals surface area contributed by atoms with Crippen LogP contribution in [0.4, 0.5) is 13.2 Å². The first-order chi connectivity index (χ1) is 8.89. The van der Waals surface area contributed by atoms with E-state index in [1.807, 2.05) is 0 Å². The van der Waals surface area contributed by atoms with E-state index in [1.54, 1.807) is 13.8 Å². The summed E-state index contributed by atoms with van der Waals surface area (Å²) in [6.07, 6.45) is -5.14. The molecule has 116 valence electrons. The number of carboxylic acid groups (broad SMARTS) is 1. The Balaban J connectivity index is 2.75. The van der Waals surface area contributed by atoms with Crippen molar-refractivity contribution in [2.45, 2.75) is 44.8 Å². The second kappa shape index (κ2) is 5.23. The maximum absolute atomic E-state index is 12.9. The number of halogens is 3. The second-order valence-corrected chi connectivity index (χ2v) is 5.94. The predicted molar refractivity (Wildman–Crippen MR) is 64.8 cm³/mol. The quantitative estimate of drug-likeness (QED) is 0.820. The number of nitrogens with two attached hydrogens (primary N) is 1. The Kier molecular flexibility index (Phi) is 4.38. The molecule has 1 unspecified atom stereocenters. The lowest BCUT2D eigenvalue weighted by atomic mass is 9.86. The molecule has 0 radical (unpaired) electrons. The van der Waals surface area contributed by atoms with Crippen LogP contribution in [0.15, 0.2) is 0 Å². The zero-order valence-electron chi connectivity index (χ0n) is 11.5. The lowest BCUT2D eigenvalue weighted by Crippen LogP contribution is -2.47. The zero-order chi connectivity index (χ0) is 15.8. The maximum atomic E-state index is 12.9. The molecule has 20 heavy (non-hydrogen) atoms. The summed E-state index contributed by atoms with van der Waals surface area (Å²) in [7, 11) is 0. The van der Waals surface area contributed by atoms with Crippen molar-refractivity contribution in [1.82, 2.24) is 4.90 Å². The van der Waals surface area contributed by atoms with Crippen molar-refractivity contribution in [1.29, 1.82) is 0 Å². The molecule has 1 amide bonds. The van der Waals surface area contributed by atoms with Gasteiger partial charge in [-0.15, -0.1) is 0 Å². The van der Waals surface area contributed by atoms with Crippen LogP contribution < -0.4 is 5.73 Å². The van der Waals surface area contributed by atoms with E-state index in [4.69, 9.17) is 10.8 Å². The molecular formula is C12H19F3N2O3. The first kappa shape index (κ1) is 16.7. The summed E-state index contributed by atoms with van der Waals surface area (Å²) < 4.78 is 38.8. The number of alkyl halides is 3. The molecule has 5 nitrogen and oxygen atoms in total. The third-order valence-corrected chi connectivity index (χ3v) is 3.56. The van der Waals surface area contributed by atoms with E-state index in [9.17, 15) is 22.8 Å². The number of rotatable bonds is 4. The van der Waals surface area contributed by atoms with E-state index < -0.39 is 42.0 Å². The van der Waals surface area contributed by atoms with Crippen LogP contribution in [0.1, 0.15) is 33.1 Å². The summed E-state index contributed by atoms with van der Waals surface area (Å²) in [5.41, 5.74) is 2.27. The number of nitrogens with zero attached hydrogens (tertiary/aromatic N) is 1. The topological polar surface area (TPSA) is 83.6 Å². The average molecular weight is 296 g/mol. The minimum absolute atomic E-state index is 0.0110. The van der Waals surface area contributed by atoms with Gasteiger partial charge in [0.2, 0.25) is 5.91 Å². The molecule has 1 aliphatic heterocycles. The van der Waals surface area contributed by atoms with Crippen LogP contribution in [0.5, 0.6) is 0 Å². The normalized spacial score (nSPS) is 24.0. The summed E-state index contributed by atoms with van der Waals surface area (Å²) in [6, 6.07) is 0. The van der Waals surface area contributed by atoms with E-state index in [-0.39, 0.29) is 13.0 Å². The number of hydrogen-bond donors (Lipinski definition) is 2. The Bertz CT molecular complexity index is 404. The van der Waals surface area contributed by atoms with Crippen molar-refractivity contribution in [2.24, 2.45) is 11.1 Å². The van der Waals surface area contributed by atoms with E-state index in [0.29, 0.717) is 6.42 Å². The predicted octanol–water partition coefficient (Wildman–Crippen LogP) is 1.37. The summed E-state index contributed by atoms with van der Waals surface area (Å²) in [6.45, 7) is 2.40. The van der Waals surface area contributed by atoms with Crippen molar-refractivity contribution in [3.8, 4) is 0 Å². The van der Waals surface area contributed by atoms with E-state index >= 15 is 0 Å². The number of carboxylic acids is 1. The molecule has 0 aromatic carbocycles. The van der Waals surface area contributed by atoms with Gasteiger partial charge in [-0.25, -0.2) is 0 Å². The van der Waals surface area contributed by atoms with Gasteiger partial charge in [-0.1, -0.05) is 0 Å². The van der Waals surface area contributed by atoms with Gasteiger partial charge in [0.15, 0.2) is 5.41 Å². The van der Waals surface area contributed by atoms with Gasteiger partial charge in [0.1, 0.15) is 0 Å².